The molecule has 1 aliphatic rings. The highest BCUT2D eigenvalue weighted by Gasteiger charge is 2.31. The zero-order valence-electron chi connectivity index (χ0n) is 14.9. The zero-order valence-corrected chi connectivity index (χ0v) is 14.9. The third-order valence-corrected chi connectivity index (χ3v) is 3.85. The van der Waals surface area contributed by atoms with Crippen molar-refractivity contribution in [3.05, 3.63) is 40.5 Å². The topological polar surface area (TPSA) is 92.7 Å². The van der Waals surface area contributed by atoms with Crippen LogP contribution in [0.4, 0.5) is 4.79 Å². The van der Waals surface area contributed by atoms with Crippen LogP contribution >= 0.6 is 0 Å². The van der Waals surface area contributed by atoms with Gasteiger partial charge in [0.25, 0.3) is 0 Å². The number of rotatable bonds is 4. The molecule has 0 heterocycles. The summed E-state index contributed by atoms with van der Waals surface area (Å²) in [6.07, 6.45) is 0.292. The minimum absolute atomic E-state index is 0.0631. The highest BCUT2D eigenvalue weighted by molar-refractivity contribution is 6.27. The van der Waals surface area contributed by atoms with Crippen molar-refractivity contribution in [3.8, 4) is 5.75 Å². The molecule has 0 atom stereocenters. The molecule has 0 saturated carbocycles. The van der Waals surface area contributed by atoms with Crippen LogP contribution in [0, 0.1) is 0 Å². The van der Waals surface area contributed by atoms with Crippen molar-refractivity contribution in [1.82, 2.24) is 5.32 Å². The summed E-state index contributed by atoms with van der Waals surface area (Å²) in [4.78, 5) is 36.6. The Balaban J connectivity index is 2.02. The van der Waals surface area contributed by atoms with Crippen LogP contribution in [0.1, 0.15) is 61.3 Å². The molecular weight excluding hydrogens is 322 g/mol. The third-order valence-electron chi connectivity index (χ3n) is 3.85. The summed E-state index contributed by atoms with van der Waals surface area (Å²) in [6, 6.07) is 4.48. The van der Waals surface area contributed by atoms with E-state index >= 15 is 0 Å². The summed E-state index contributed by atoms with van der Waals surface area (Å²) in [5.74, 6) is -0.768. The number of amides is 1. The molecule has 1 amide bonds. The molecule has 0 radical (unpaired) electrons. The lowest BCUT2D eigenvalue weighted by Gasteiger charge is -2.21. The normalized spacial score (nSPS) is 14.4. The molecule has 1 aliphatic carbocycles. The number of aromatic hydroxyl groups is 1. The van der Waals surface area contributed by atoms with E-state index in [-0.39, 0.29) is 28.4 Å². The average Bonchev–Trinajstić information content (AvgIpc) is 2.50. The van der Waals surface area contributed by atoms with Gasteiger partial charge in [-0.25, -0.2) is 4.79 Å². The molecule has 1 aromatic rings. The SMILES string of the molecule is CC1=C(CCCNC(=O)OC(C)(C)C)C(=O)c2c(O)cccc2C1=O. The number of ether oxygens (including phenoxy) is 1. The van der Waals surface area contributed by atoms with Gasteiger partial charge in [-0.1, -0.05) is 12.1 Å². The monoisotopic (exact) mass is 345 g/mol. The molecule has 0 fully saturated rings. The van der Waals surface area contributed by atoms with Crippen molar-refractivity contribution in [2.75, 3.05) is 6.54 Å². The van der Waals surface area contributed by atoms with Gasteiger partial charge in [-0.05, 0) is 46.6 Å². The average molecular weight is 345 g/mol. The first-order valence-electron chi connectivity index (χ1n) is 8.20. The second-order valence-corrected chi connectivity index (χ2v) is 6.99. The Bertz CT molecular complexity index is 756. The van der Waals surface area contributed by atoms with Gasteiger partial charge in [0.15, 0.2) is 11.6 Å². The Kier molecular flexibility index (Phi) is 5.30. The molecule has 0 spiro atoms. The van der Waals surface area contributed by atoms with Gasteiger partial charge in [-0.15, -0.1) is 0 Å². The van der Waals surface area contributed by atoms with Gasteiger partial charge in [-0.3, -0.25) is 9.59 Å². The van der Waals surface area contributed by atoms with Gasteiger partial charge in [0.1, 0.15) is 11.4 Å². The smallest absolute Gasteiger partial charge is 0.407 e. The largest absolute Gasteiger partial charge is 0.507 e. The van der Waals surface area contributed by atoms with Crippen LogP contribution in [0.2, 0.25) is 0 Å². The van der Waals surface area contributed by atoms with Crippen molar-refractivity contribution >= 4 is 17.7 Å². The molecule has 0 unspecified atom stereocenters. The summed E-state index contributed by atoms with van der Waals surface area (Å²) >= 11 is 0. The van der Waals surface area contributed by atoms with Crippen LogP contribution in [0.15, 0.2) is 29.3 Å². The number of nitrogens with one attached hydrogen (secondary N) is 1. The van der Waals surface area contributed by atoms with Crippen LogP contribution in [-0.2, 0) is 4.74 Å². The Morgan fingerprint density at radius 2 is 1.88 bits per heavy atom. The van der Waals surface area contributed by atoms with E-state index in [4.69, 9.17) is 4.74 Å². The summed E-state index contributed by atoms with van der Waals surface area (Å²) < 4.78 is 5.14. The molecule has 0 saturated heterocycles. The van der Waals surface area contributed by atoms with Crippen LogP contribution in [0.25, 0.3) is 0 Å². The predicted octanol–water partition coefficient (Wildman–Crippen LogP) is 3.39. The fourth-order valence-electron chi connectivity index (χ4n) is 2.70. The number of carbonyl (C=O) groups is 3. The van der Waals surface area contributed by atoms with Gasteiger partial charge >= 0.3 is 6.09 Å². The van der Waals surface area contributed by atoms with Gasteiger partial charge in [0, 0.05) is 23.3 Å². The maximum absolute atomic E-state index is 12.6. The Morgan fingerprint density at radius 3 is 2.52 bits per heavy atom. The number of alkyl carbamates (subject to hydrolysis) is 1. The summed E-state index contributed by atoms with van der Waals surface area (Å²) in [5.41, 5.74) is 0.493. The first-order valence-corrected chi connectivity index (χ1v) is 8.20. The second-order valence-electron chi connectivity index (χ2n) is 6.99. The highest BCUT2D eigenvalue weighted by Crippen LogP contribution is 2.33. The number of phenols is 1. The lowest BCUT2D eigenvalue weighted by molar-refractivity contribution is 0.0527. The van der Waals surface area contributed by atoms with Gasteiger partial charge < -0.3 is 15.2 Å². The molecular formula is C19H23NO5. The summed E-state index contributed by atoms with van der Waals surface area (Å²) in [5, 5.41) is 12.6. The van der Waals surface area contributed by atoms with Gasteiger partial charge in [0.05, 0.1) is 5.56 Å². The zero-order chi connectivity index (χ0) is 18.8. The first kappa shape index (κ1) is 18.7. The minimum Gasteiger partial charge on any atom is -0.507 e. The highest BCUT2D eigenvalue weighted by atomic mass is 16.6. The van der Waals surface area contributed by atoms with E-state index in [1.807, 2.05) is 0 Å². The Hall–Kier alpha value is -2.63. The second kappa shape index (κ2) is 7.09. The van der Waals surface area contributed by atoms with E-state index in [9.17, 15) is 19.5 Å². The van der Waals surface area contributed by atoms with Crippen molar-refractivity contribution in [2.24, 2.45) is 0 Å². The Labute approximate surface area is 146 Å². The molecule has 2 rings (SSSR count). The minimum atomic E-state index is -0.573. The van der Waals surface area contributed by atoms with E-state index in [2.05, 4.69) is 5.32 Å². The van der Waals surface area contributed by atoms with Crippen molar-refractivity contribution in [3.63, 3.8) is 0 Å². The van der Waals surface area contributed by atoms with Crippen LogP contribution in [0.5, 0.6) is 5.75 Å². The molecule has 0 aliphatic heterocycles. The van der Waals surface area contributed by atoms with E-state index in [0.717, 1.165) is 0 Å². The number of ketones is 2. The molecule has 1 aromatic carbocycles. The number of carbonyl (C=O) groups excluding carboxylic acids is 3. The third kappa shape index (κ3) is 4.26. The van der Waals surface area contributed by atoms with Gasteiger partial charge in [0.2, 0.25) is 0 Å². The van der Waals surface area contributed by atoms with Crippen LogP contribution in [-0.4, -0.2) is 34.9 Å². The number of hydrogen-bond acceptors (Lipinski definition) is 5. The van der Waals surface area contributed by atoms with Crippen molar-refractivity contribution < 1.29 is 24.2 Å². The summed E-state index contributed by atoms with van der Waals surface area (Å²) in [6.45, 7) is 7.26. The van der Waals surface area contributed by atoms with Crippen molar-refractivity contribution in [1.29, 1.82) is 0 Å². The number of allylic oxidation sites excluding steroid dienone is 2. The lowest BCUT2D eigenvalue weighted by atomic mass is 9.82. The van der Waals surface area contributed by atoms with E-state index < -0.39 is 11.7 Å². The maximum atomic E-state index is 12.6. The molecule has 0 bridgehead atoms. The standard InChI is InChI=1S/C19H23NO5/c1-11-12(8-6-10-20-18(24)25-19(2,3)4)17(23)15-13(16(11)22)7-5-9-14(15)21/h5,7,9,21H,6,8,10H2,1-4H3,(H,20,24). The van der Waals surface area contributed by atoms with Crippen LogP contribution in [0.3, 0.4) is 0 Å². The molecule has 2 N–H and O–H groups in total. The van der Waals surface area contributed by atoms with E-state index in [1.54, 1.807) is 39.8 Å². The number of fused-ring (bicyclic) bond motifs is 1. The molecule has 25 heavy (non-hydrogen) atoms. The molecule has 6 nitrogen and oxygen atoms in total. The number of hydrogen-bond donors (Lipinski definition) is 2. The number of benzene rings is 1. The fourth-order valence-corrected chi connectivity index (χ4v) is 2.70. The van der Waals surface area contributed by atoms with E-state index in [1.165, 1.54) is 6.07 Å². The molecule has 134 valence electrons. The summed E-state index contributed by atoms with van der Waals surface area (Å²) in [7, 11) is 0. The quantitative estimate of drug-likeness (QED) is 0.816. The van der Waals surface area contributed by atoms with Gasteiger partial charge in [-0.2, -0.15) is 0 Å². The fraction of sp³-hybridized carbons (Fsp3) is 0.421. The number of phenolic OH excluding ortho intramolecular Hbond substituents is 1. The lowest BCUT2D eigenvalue weighted by Crippen LogP contribution is -2.33. The van der Waals surface area contributed by atoms with Crippen molar-refractivity contribution in [2.45, 2.75) is 46.1 Å². The number of Topliss-reactive ketones (excluding diaryl/α,β-unsaturated/α-hetero) is 2. The van der Waals surface area contributed by atoms with Crippen LogP contribution < -0.4 is 5.32 Å². The van der Waals surface area contributed by atoms with E-state index in [0.29, 0.717) is 30.5 Å². The first-order chi connectivity index (χ1) is 11.6. The Morgan fingerprint density at radius 1 is 1.20 bits per heavy atom. The molecule has 6 heteroatoms. The maximum Gasteiger partial charge on any atom is 0.407 e. The predicted molar refractivity (Wildman–Crippen MR) is 92.9 cm³/mol. The molecule has 0 aromatic heterocycles.